The second-order valence-corrected chi connectivity index (χ2v) is 5.79. The van der Waals surface area contributed by atoms with Gasteiger partial charge in [-0.25, -0.2) is 4.98 Å². The lowest BCUT2D eigenvalue weighted by molar-refractivity contribution is -0.146. The molecule has 1 N–H and O–H groups in total. The molecule has 1 atom stereocenters. The van der Waals surface area contributed by atoms with Gasteiger partial charge >= 0.3 is 5.97 Å². The summed E-state index contributed by atoms with van der Waals surface area (Å²) in [5.41, 5.74) is -0.712. The molecule has 0 saturated carbocycles. The average Bonchev–Trinajstić information content (AvgIpc) is 2.43. The molecule has 0 saturated heterocycles. The third-order valence-corrected chi connectivity index (χ3v) is 4.09. The quantitative estimate of drug-likeness (QED) is 0.620. The number of thioether (sulfide) groups is 1. The van der Waals surface area contributed by atoms with Crippen LogP contribution in [0.1, 0.15) is 20.3 Å². The van der Waals surface area contributed by atoms with E-state index in [-0.39, 0.29) is 5.97 Å². The molecule has 4 nitrogen and oxygen atoms in total. The summed E-state index contributed by atoms with van der Waals surface area (Å²) in [7, 11) is 1.40. The van der Waals surface area contributed by atoms with Gasteiger partial charge in [0.25, 0.3) is 0 Å². The van der Waals surface area contributed by atoms with Gasteiger partial charge in [0.2, 0.25) is 0 Å². The van der Waals surface area contributed by atoms with E-state index < -0.39 is 5.54 Å². The predicted molar refractivity (Wildman–Crippen MR) is 78.7 cm³/mol. The summed E-state index contributed by atoms with van der Waals surface area (Å²) in [6, 6.07) is 3.62. The Bertz CT molecular complexity index is 414. The summed E-state index contributed by atoms with van der Waals surface area (Å²) in [6.45, 7) is 4.66. The standard InChI is InChI=1S/C13H19ClN2O2S/c1-4-7-16-13(2,12(17)18-3)9-19-11-6-5-10(14)8-15-11/h5-6,8,16H,4,7,9H2,1-3H3. The van der Waals surface area contributed by atoms with Gasteiger partial charge in [-0.1, -0.05) is 18.5 Å². The molecule has 1 aromatic heterocycles. The van der Waals surface area contributed by atoms with Crippen molar-refractivity contribution >= 4 is 29.3 Å². The molecule has 0 fully saturated rings. The highest BCUT2D eigenvalue weighted by Gasteiger charge is 2.33. The monoisotopic (exact) mass is 302 g/mol. The van der Waals surface area contributed by atoms with Crippen LogP contribution in [0, 0.1) is 0 Å². The van der Waals surface area contributed by atoms with Crippen LogP contribution in [-0.2, 0) is 9.53 Å². The molecule has 0 radical (unpaired) electrons. The molecule has 0 aromatic carbocycles. The summed E-state index contributed by atoms with van der Waals surface area (Å²) in [4.78, 5) is 16.1. The Morgan fingerprint density at radius 3 is 2.84 bits per heavy atom. The van der Waals surface area contributed by atoms with Crippen molar-refractivity contribution in [2.45, 2.75) is 30.8 Å². The second-order valence-electron chi connectivity index (χ2n) is 4.35. The van der Waals surface area contributed by atoms with Crippen LogP contribution < -0.4 is 5.32 Å². The van der Waals surface area contributed by atoms with E-state index in [4.69, 9.17) is 16.3 Å². The van der Waals surface area contributed by atoms with Gasteiger partial charge in [-0.2, -0.15) is 0 Å². The summed E-state index contributed by atoms with van der Waals surface area (Å²) in [5.74, 6) is 0.288. The minimum absolute atomic E-state index is 0.262. The van der Waals surface area contributed by atoms with E-state index in [1.807, 2.05) is 13.0 Å². The molecular weight excluding hydrogens is 284 g/mol. The number of ether oxygens (including phenoxy) is 1. The summed E-state index contributed by atoms with van der Waals surface area (Å²) < 4.78 is 4.86. The zero-order valence-corrected chi connectivity index (χ0v) is 13.0. The first-order valence-corrected chi connectivity index (χ1v) is 7.46. The van der Waals surface area contributed by atoms with Crippen molar-refractivity contribution in [1.82, 2.24) is 10.3 Å². The number of pyridine rings is 1. The molecule has 0 aliphatic heterocycles. The second kappa shape index (κ2) is 7.72. The lowest BCUT2D eigenvalue weighted by atomic mass is 10.1. The normalized spacial score (nSPS) is 13.9. The van der Waals surface area contributed by atoms with Crippen molar-refractivity contribution < 1.29 is 9.53 Å². The molecule has 1 aromatic rings. The third kappa shape index (κ3) is 5.01. The van der Waals surface area contributed by atoms with Gasteiger partial charge in [0.1, 0.15) is 5.54 Å². The first kappa shape index (κ1) is 16.3. The third-order valence-electron chi connectivity index (χ3n) is 2.61. The van der Waals surface area contributed by atoms with Crippen LogP contribution >= 0.6 is 23.4 Å². The number of hydrogen-bond acceptors (Lipinski definition) is 5. The maximum Gasteiger partial charge on any atom is 0.326 e. The van der Waals surface area contributed by atoms with Crippen LogP contribution in [-0.4, -0.2) is 35.9 Å². The highest BCUT2D eigenvalue weighted by Crippen LogP contribution is 2.22. The van der Waals surface area contributed by atoms with Crippen molar-refractivity contribution in [2.75, 3.05) is 19.4 Å². The van der Waals surface area contributed by atoms with Crippen molar-refractivity contribution in [1.29, 1.82) is 0 Å². The molecule has 106 valence electrons. The van der Waals surface area contributed by atoms with Gasteiger partial charge in [0, 0.05) is 11.9 Å². The number of hydrogen-bond donors (Lipinski definition) is 1. The Morgan fingerprint density at radius 1 is 1.58 bits per heavy atom. The highest BCUT2D eigenvalue weighted by atomic mass is 35.5. The van der Waals surface area contributed by atoms with Gasteiger partial charge in [-0.3, -0.25) is 4.79 Å². The lowest BCUT2D eigenvalue weighted by Gasteiger charge is -2.27. The first-order valence-electron chi connectivity index (χ1n) is 6.09. The van der Waals surface area contributed by atoms with Crippen molar-refractivity contribution in [3.05, 3.63) is 23.4 Å². The number of aromatic nitrogens is 1. The van der Waals surface area contributed by atoms with Gasteiger partial charge < -0.3 is 10.1 Å². The minimum atomic E-state index is -0.712. The fourth-order valence-corrected chi connectivity index (χ4v) is 2.53. The zero-order valence-electron chi connectivity index (χ0n) is 11.4. The number of carbonyl (C=O) groups excluding carboxylic acids is 1. The fraction of sp³-hybridized carbons (Fsp3) is 0.538. The maximum atomic E-state index is 11.9. The van der Waals surface area contributed by atoms with E-state index in [1.54, 1.807) is 12.3 Å². The molecule has 1 unspecified atom stereocenters. The van der Waals surface area contributed by atoms with Gasteiger partial charge in [-0.05, 0) is 32.0 Å². The van der Waals surface area contributed by atoms with E-state index in [2.05, 4.69) is 17.2 Å². The molecule has 0 spiro atoms. The molecule has 0 aliphatic rings. The summed E-state index contributed by atoms with van der Waals surface area (Å²) in [6.07, 6.45) is 2.55. The number of methoxy groups -OCH3 is 1. The first-order chi connectivity index (χ1) is 9.01. The number of esters is 1. The Balaban J connectivity index is 2.67. The van der Waals surface area contributed by atoms with Gasteiger partial charge in [-0.15, -0.1) is 11.8 Å². The van der Waals surface area contributed by atoms with Crippen molar-refractivity contribution in [3.8, 4) is 0 Å². The Hall–Kier alpha value is -0.780. The van der Waals surface area contributed by atoms with E-state index in [9.17, 15) is 4.79 Å². The number of halogens is 1. The molecule has 0 amide bonds. The molecule has 19 heavy (non-hydrogen) atoms. The van der Waals surface area contributed by atoms with Gasteiger partial charge in [0.05, 0.1) is 17.2 Å². The Labute approximate surface area is 123 Å². The predicted octanol–water partition coefficient (Wildman–Crippen LogP) is 2.76. The highest BCUT2D eigenvalue weighted by molar-refractivity contribution is 7.99. The van der Waals surface area contributed by atoms with Crippen LogP contribution in [0.5, 0.6) is 0 Å². The molecule has 0 aliphatic carbocycles. The van der Waals surface area contributed by atoms with Crippen molar-refractivity contribution in [3.63, 3.8) is 0 Å². The van der Waals surface area contributed by atoms with E-state index in [0.29, 0.717) is 10.8 Å². The summed E-state index contributed by atoms with van der Waals surface area (Å²) in [5, 5.41) is 4.66. The number of carbonyl (C=O) groups is 1. The molecule has 6 heteroatoms. The number of nitrogens with one attached hydrogen (secondary N) is 1. The SMILES string of the molecule is CCCNC(C)(CSc1ccc(Cl)cn1)C(=O)OC. The van der Waals surface area contributed by atoms with Crippen LogP contribution in [0.3, 0.4) is 0 Å². The largest absolute Gasteiger partial charge is 0.468 e. The van der Waals surface area contributed by atoms with Crippen molar-refractivity contribution in [2.24, 2.45) is 0 Å². The lowest BCUT2D eigenvalue weighted by Crippen LogP contribution is -2.52. The number of nitrogens with zero attached hydrogens (tertiary/aromatic N) is 1. The smallest absolute Gasteiger partial charge is 0.326 e. The maximum absolute atomic E-state index is 11.9. The minimum Gasteiger partial charge on any atom is -0.468 e. The summed E-state index contributed by atoms with van der Waals surface area (Å²) >= 11 is 7.28. The number of rotatable bonds is 7. The van der Waals surface area contributed by atoms with E-state index >= 15 is 0 Å². The molecule has 1 heterocycles. The Kier molecular flexibility index (Phi) is 6.62. The molecule has 1 rings (SSSR count). The van der Waals surface area contributed by atoms with E-state index in [1.165, 1.54) is 18.9 Å². The average molecular weight is 303 g/mol. The topological polar surface area (TPSA) is 51.2 Å². The van der Waals surface area contributed by atoms with Crippen LogP contribution in [0.15, 0.2) is 23.4 Å². The van der Waals surface area contributed by atoms with Crippen LogP contribution in [0.4, 0.5) is 0 Å². The fourth-order valence-electron chi connectivity index (χ4n) is 1.47. The van der Waals surface area contributed by atoms with E-state index in [0.717, 1.165) is 18.0 Å². The van der Waals surface area contributed by atoms with Gasteiger partial charge in [0.15, 0.2) is 0 Å². The zero-order chi connectivity index (χ0) is 14.3. The van der Waals surface area contributed by atoms with Crippen LogP contribution in [0.25, 0.3) is 0 Å². The Morgan fingerprint density at radius 2 is 2.32 bits per heavy atom. The molecular formula is C13H19ClN2O2S. The van der Waals surface area contributed by atoms with Crippen LogP contribution in [0.2, 0.25) is 5.02 Å². The molecule has 0 bridgehead atoms.